The molecule has 0 atom stereocenters. The second-order valence-electron chi connectivity index (χ2n) is 7.34. The van der Waals surface area contributed by atoms with Gasteiger partial charge in [-0.1, -0.05) is 0 Å². The number of aryl methyl sites for hydroxylation is 3. The summed E-state index contributed by atoms with van der Waals surface area (Å²) in [5, 5.41) is 7.68. The van der Waals surface area contributed by atoms with Crippen LogP contribution in [0.2, 0.25) is 0 Å². The van der Waals surface area contributed by atoms with Crippen LogP contribution < -0.4 is 10.9 Å². The average molecular weight is 356 g/mol. The maximum Gasteiger partial charge on any atom is 0.273 e. The molecule has 0 aliphatic heterocycles. The van der Waals surface area contributed by atoms with Gasteiger partial charge < -0.3 is 9.73 Å². The molecule has 4 rings (SSSR count). The van der Waals surface area contributed by atoms with Crippen molar-refractivity contribution in [2.45, 2.75) is 70.4 Å². The Morgan fingerprint density at radius 1 is 1.23 bits per heavy atom. The molecule has 1 saturated carbocycles. The molecule has 0 bridgehead atoms. The van der Waals surface area contributed by atoms with Gasteiger partial charge in [0.15, 0.2) is 11.6 Å². The molecular weight excluding hydrogens is 332 g/mol. The number of rotatable bonds is 3. The van der Waals surface area contributed by atoms with Gasteiger partial charge in [0, 0.05) is 19.0 Å². The molecule has 2 aliphatic rings. The Bertz CT molecular complexity index is 862. The normalized spacial score (nSPS) is 22.7. The lowest BCUT2D eigenvalue weighted by Gasteiger charge is -2.30. The van der Waals surface area contributed by atoms with E-state index in [0.717, 1.165) is 62.6 Å². The molecule has 0 saturated heterocycles. The Morgan fingerprint density at radius 3 is 2.73 bits per heavy atom. The zero-order valence-corrected chi connectivity index (χ0v) is 15.0. The summed E-state index contributed by atoms with van der Waals surface area (Å²) in [6.07, 6.45) is 8.97. The standard InChI is InChI=1S/C19H24N4O3/c1-12-20-17(11-26-12)19(25)21-14-6-8-15(9-7-14)23-18(24)10-13-4-2-3-5-16(13)22-23/h10-11,14-15H,2-9H2,1H3,(H,21,25). The van der Waals surface area contributed by atoms with E-state index in [0.29, 0.717) is 11.6 Å². The topological polar surface area (TPSA) is 90.0 Å². The van der Waals surface area contributed by atoms with Crippen molar-refractivity contribution in [3.05, 3.63) is 45.5 Å². The van der Waals surface area contributed by atoms with Crippen molar-refractivity contribution in [2.24, 2.45) is 0 Å². The van der Waals surface area contributed by atoms with Crippen molar-refractivity contribution in [3.63, 3.8) is 0 Å². The van der Waals surface area contributed by atoms with Gasteiger partial charge in [0.05, 0.1) is 11.7 Å². The average Bonchev–Trinajstić information content (AvgIpc) is 3.08. The summed E-state index contributed by atoms with van der Waals surface area (Å²) >= 11 is 0. The first-order valence-corrected chi connectivity index (χ1v) is 9.45. The Hall–Kier alpha value is -2.44. The first-order valence-electron chi connectivity index (χ1n) is 9.45. The lowest BCUT2D eigenvalue weighted by atomic mass is 9.91. The van der Waals surface area contributed by atoms with Crippen molar-refractivity contribution < 1.29 is 9.21 Å². The second kappa shape index (κ2) is 7.05. The van der Waals surface area contributed by atoms with E-state index in [1.54, 1.807) is 17.7 Å². The van der Waals surface area contributed by atoms with Gasteiger partial charge in [-0.05, 0) is 56.9 Å². The third-order valence-corrected chi connectivity index (χ3v) is 5.46. The van der Waals surface area contributed by atoms with Gasteiger partial charge in [-0.25, -0.2) is 9.67 Å². The van der Waals surface area contributed by atoms with E-state index < -0.39 is 0 Å². The number of hydrogen-bond donors (Lipinski definition) is 1. The molecule has 0 radical (unpaired) electrons. The summed E-state index contributed by atoms with van der Waals surface area (Å²) in [4.78, 5) is 28.7. The van der Waals surface area contributed by atoms with Crippen LogP contribution in [0, 0.1) is 6.92 Å². The number of hydrogen-bond acceptors (Lipinski definition) is 5. The van der Waals surface area contributed by atoms with E-state index in [2.05, 4.69) is 15.4 Å². The molecule has 2 aromatic rings. The van der Waals surface area contributed by atoms with Crippen LogP contribution in [0.3, 0.4) is 0 Å². The maximum atomic E-state index is 12.4. The fraction of sp³-hybridized carbons (Fsp3) is 0.579. The van der Waals surface area contributed by atoms with E-state index >= 15 is 0 Å². The Balaban J connectivity index is 1.39. The molecule has 0 unspecified atom stereocenters. The first kappa shape index (κ1) is 17.0. The Labute approximate surface area is 151 Å². The van der Waals surface area contributed by atoms with Gasteiger partial charge >= 0.3 is 0 Å². The Morgan fingerprint density at radius 2 is 2.00 bits per heavy atom. The number of nitrogens with zero attached hydrogens (tertiary/aromatic N) is 3. The van der Waals surface area contributed by atoms with Crippen LogP contribution in [0.25, 0.3) is 0 Å². The number of carbonyl (C=O) groups excluding carboxylic acids is 1. The molecule has 1 fully saturated rings. The van der Waals surface area contributed by atoms with Gasteiger partial charge in [0.2, 0.25) is 0 Å². The molecule has 7 nitrogen and oxygen atoms in total. The predicted octanol–water partition coefficient (Wildman–Crippen LogP) is 2.33. The van der Waals surface area contributed by atoms with Gasteiger partial charge in [-0.15, -0.1) is 0 Å². The number of carbonyl (C=O) groups is 1. The quantitative estimate of drug-likeness (QED) is 0.911. The molecule has 0 spiro atoms. The maximum absolute atomic E-state index is 12.4. The molecule has 2 aromatic heterocycles. The molecule has 7 heteroatoms. The minimum absolute atomic E-state index is 0.0104. The van der Waals surface area contributed by atoms with Crippen LogP contribution in [-0.4, -0.2) is 26.7 Å². The van der Waals surface area contributed by atoms with Crippen LogP contribution >= 0.6 is 0 Å². The number of oxazole rings is 1. The SMILES string of the molecule is Cc1nc(C(=O)NC2CCC(n3nc4c(cc3=O)CCCC4)CC2)co1. The highest BCUT2D eigenvalue weighted by molar-refractivity contribution is 5.92. The molecular formula is C19H24N4O3. The summed E-state index contributed by atoms with van der Waals surface area (Å²) in [6, 6.07) is 2.00. The molecule has 1 amide bonds. The highest BCUT2D eigenvalue weighted by atomic mass is 16.3. The molecule has 1 N–H and O–H groups in total. The van der Waals surface area contributed by atoms with E-state index in [-0.39, 0.29) is 23.6 Å². The molecule has 2 aliphatic carbocycles. The minimum atomic E-state index is -0.200. The Kier molecular flexibility index (Phi) is 4.61. The molecule has 138 valence electrons. The van der Waals surface area contributed by atoms with Gasteiger partial charge in [0.25, 0.3) is 11.5 Å². The van der Waals surface area contributed by atoms with Gasteiger partial charge in [-0.2, -0.15) is 5.10 Å². The van der Waals surface area contributed by atoms with E-state index in [1.807, 2.05) is 0 Å². The van der Waals surface area contributed by atoms with Crippen LogP contribution in [0.15, 0.2) is 21.5 Å². The highest BCUT2D eigenvalue weighted by Crippen LogP contribution is 2.28. The van der Waals surface area contributed by atoms with E-state index in [4.69, 9.17) is 4.42 Å². The molecule has 26 heavy (non-hydrogen) atoms. The van der Waals surface area contributed by atoms with Crippen molar-refractivity contribution in [1.82, 2.24) is 20.1 Å². The fourth-order valence-electron chi connectivity index (χ4n) is 4.03. The highest BCUT2D eigenvalue weighted by Gasteiger charge is 2.26. The van der Waals surface area contributed by atoms with Crippen LogP contribution in [0.5, 0.6) is 0 Å². The molecule has 0 aromatic carbocycles. The number of aromatic nitrogens is 3. The van der Waals surface area contributed by atoms with E-state index in [9.17, 15) is 9.59 Å². The largest absolute Gasteiger partial charge is 0.448 e. The second-order valence-corrected chi connectivity index (χ2v) is 7.34. The van der Waals surface area contributed by atoms with Gasteiger partial charge in [0.1, 0.15) is 6.26 Å². The molecule has 2 heterocycles. The van der Waals surface area contributed by atoms with Crippen molar-refractivity contribution in [3.8, 4) is 0 Å². The minimum Gasteiger partial charge on any atom is -0.448 e. The van der Waals surface area contributed by atoms with Crippen LogP contribution in [-0.2, 0) is 12.8 Å². The fourth-order valence-corrected chi connectivity index (χ4v) is 4.03. The van der Waals surface area contributed by atoms with Crippen molar-refractivity contribution >= 4 is 5.91 Å². The smallest absolute Gasteiger partial charge is 0.273 e. The zero-order valence-electron chi connectivity index (χ0n) is 15.0. The number of amides is 1. The number of fused-ring (bicyclic) bond motifs is 1. The zero-order chi connectivity index (χ0) is 18.1. The first-order chi connectivity index (χ1) is 12.6. The lowest BCUT2D eigenvalue weighted by molar-refractivity contribution is 0.0916. The predicted molar refractivity (Wildman–Crippen MR) is 95.1 cm³/mol. The third-order valence-electron chi connectivity index (χ3n) is 5.46. The van der Waals surface area contributed by atoms with Crippen LogP contribution in [0.4, 0.5) is 0 Å². The summed E-state index contributed by atoms with van der Waals surface area (Å²) in [6.45, 7) is 1.71. The summed E-state index contributed by atoms with van der Waals surface area (Å²) in [5.74, 6) is 0.283. The van der Waals surface area contributed by atoms with Gasteiger partial charge in [-0.3, -0.25) is 9.59 Å². The summed E-state index contributed by atoms with van der Waals surface area (Å²) in [5.41, 5.74) is 2.54. The monoisotopic (exact) mass is 356 g/mol. The lowest BCUT2D eigenvalue weighted by Crippen LogP contribution is -2.40. The van der Waals surface area contributed by atoms with Crippen molar-refractivity contribution in [2.75, 3.05) is 0 Å². The van der Waals surface area contributed by atoms with Crippen LogP contribution in [0.1, 0.15) is 72.2 Å². The van der Waals surface area contributed by atoms with E-state index in [1.165, 1.54) is 6.26 Å². The number of nitrogens with one attached hydrogen (secondary N) is 1. The third kappa shape index (κ3) is 3.43. The summed E-state index contributed by atoms with van der Waals surface area (Å²) in [7, 11) is 0. The van der Waals surface area contributed by atoms with Crippen molar-refractivity contribution in [1.29, 1.82) is 0 Å². The summed E-state index contributed by atoms with van der Waals surface area (Å²) < 4.78 is 6.77.